The van der Waals surface area contributed by atoms with Crippen molar-refractivity contribution in [3.05, 3.63) is 57.8 Å². The van der Waals surface area contributed by atoms with Gasteiger partial charge in [-0.15, -0.1) is 11.3 Å². The van der Waals surface area contributed by atoms with Gasteiger partial charge in [-0.1, -0.05) is 43.7 Å². The Morgan fingerprint density at radius 2 is 1.68 bits per heavy atom. The van der Waals surface area contributed by atoms with E-state index in [2.05, 4.69) is 26.0 Å². The molecule has 0 radical (unpaired) electrons. The Hall–Kier alpha value is -2.34. The summed E-state index contributed by atoms with van der Waals surface area (Å²) in [6, 6.07) is 14.0. The zero-order valence-electron chi connectivity index (χ0n) is 17.4. The summed E-state index contributed by atoms with van der Waals surface area (Å²) in [5.41, 5.74) is 1.09. The molecule has 0 aliphatic carbocycles. The normalized spacial score (nSPS) is 10.6. The summed E-state index contributed by atoms with van der Waals surface area (Å²) < 4.78 is 0. The topological polar surface area (TPSA) is 43.9 Å². The van der Waals surface area contributed by atoms with Crippen LogP contribution in [-0.4, -0.2) is 53.8 Å². The molecule has 0 unspecified atom stereocenters. The summed E-state index contributed by atoms with van der Waals surface area (Å²) in [5, 5.41) is 0. The highest BCUT2D eigenvalue weighted by Crippen LogP contribution is 2.19. The molecule has 0 aliphatic rings. The second kappa shape index (κ2) is 10.9. The molecule has 1 aromatic heterocycles. The maximum absolute atomic E-state index is 13.2. The maximum atomic E-state index is 13.2. The predicted octanol–water partition coefficient (Wildman–Crippen LogP) is 4.37. The lowest BCUT2D eigenvalue weighted by molar-refractivity contribution is -0.133. The molecule has 0 spiro atoms. The molecular formula is C22H31N3O2S. The summed E-state index contributed by atoms with van der Waals surface area (Å²) in [6.07, 6.45) is 1.86. The first kappa shape index (κ1) is 22.0. The second-order valence-corrected chi connectivity index (χ2v) is 8.57. The van der Waals surface area contributed by atoms with Gasteiger partial charge < -0.3 is 14.7 Å². The lowest BCUT2D eigenvalue weighted by Crippen LogP contribution is -2.46. The largest absolute Gasteiger partial charge is 0.332 e. The summed E-state index contributed by atoms with van der Waals surface area (Å²) in [5.74, 6) is -0.0267. The molecular weight excluding hydrogens is 370 g/mol. The van der Waals surface area contributed by atoms with Crippen molar-refractivity contribution in [2.45, 2.75) is 39.8 Å². The summed E-state index contributed by atoms with van der Waals surface area (Å²) in [4.78, 5) is 33.1. The van der Waals surface area contributed by atoms with Crippen molar-refractivity contribution in [3.8, 4) is 0 Å². The summed E-state index contributed by atoms with van der Waals surface area (Å²) in [6.45, 7) is 5.95. The molecule has 0 atom stereocenters. The Morgan fingerprint density at radius 3 is 2.25 bits per heavy atom. The number of nitrogens with zero attached hydrogens (tertiary/aromatic N) is 3. The van der Waals surface area contributed by atoms with Gasteiger partial charge in [-0.25, -0.2) is 4.79 Å². The van der Waals surface area contributed by atoms with Crippen molar-refractivity contribution in [3.63, 3.8) is 0 Å². The van der Waals surface area contributed by atoms with Crippen molar-refractivity contribution in [2.24, 2.45) is 0 Å². The van der Waals surface area contributed by atoms with Crippen molar-refractivity contribution in [2.75, 3.05) is 27.2 Å². The number of unbranched alkanes of at least 4 members (excludes halogenated alkanes) is 1. The van der Waals surface area contributed by atoms with Gasteiger partial charge in [0.05, 0.1) is 6.54 Å². The number of urea groups is 1. The van der Waals surface area contributed by atoms with Crippen LogP contribution in [0.4, 0.5) is 4.79 Å². The van der Waals surface area contributed by atoms with E-state index in [0.717, 1.165) is 23.3 Å². The SMILES string of the molecule is CCCCN(CC(=O)N(Cc1ccccc1)Cc1ccc(C)s1)C(=O)N(C)C. The number of carbonyl (C=O) groups is 2. The van der Waals surface area contributed by atoms with Gasteiger partial charge in [-0.2, -0.15) is 0 Å². The molecule has 0 bridgehead atoms. The lowest BCUT2D eigenvalue weighted by atomic mass is 10.2. The Morgan fingerprint density at radius 1 is 0.964 bits per heavy atom. The van der Waals surface area contributed by atoms with Gasteiger partial charge in [0.25, 0.3) is 0 Å². The van der Waals surface area contributed by atoms with Crippen molar-refractivity contribution in [1.29, 1.82) is 0 Å². The molecule has 2 rings (SSSR count). The van der Waals surface area contributed by atoms with Crippen LogP contribution in [0.1, 0.15) is 35.1 Å². The van der Waals surface area contributed by atoms with E-state index in [4.69, 9.17) is 0 Å². The average Bonchev–Trinajstić information content (AvgIpc) is 3.09. The van der Waals surface area contributed by atoms with Crippen LogP contribution in [0, 0.1) is 6.92 Å². The van der Waals surface area contributed by atoms with Gasteiger partial charge in [-0.3, -0.25) is 4.79 Å². The van der Waals surface area contributed by atoms with E-state index in [-0.39, 0.29) is 18.5 Å². The third-order valence-electron chi connectivity index (χ3n) is 4.47. The van der Waals surface area contributed by atoms with Crippen LogP contribution >= 0.6 is 11.3 Å². The zero-order valence-corrected chi connectivity index (χ0v) is 18.2. The Bertz CT molecular complexity index is 758. The molecule has 152 valence electrons. The minimum Gasteiger partial charge on any atom is -0.332 e. The van der Waals surface area contributed by atoms with Crippen LogP contribution in [0.15, 0.2) is 42.5 Å². The third kappa shape index (κ3) is 6.68. The highest BCUT2D eigenvalue weighted by Gasteiger charge is 2.22. The molecule has 0 saturated heterocycles. The standard InChI is InChI=1S/C22H31N3O2S/c1-5-6-14-24(22(27)23(3)4)17-21(26)25(15-19-10-8-7-9-11-19)16-20-13-12-18(2)28-20/h7-13H,5-6,14-17H2,1-4H3. The fourth-order valence-corrected chi connectivity index (χ4v) is 3.84. The number of amides is 3. The predicted molar refractivity (Wildman–Crippen MR) is 115 cm³/mol. The molecule has 28 heavy (non-hydrogen) atoms. The molecule has 0 fully saturated rings. The first-order valence-electron chi connectivity index (χ1n) is 9.74. The van der Waals surface area contributed by atoms with Gasteiger partial charge in [0.2, 0.25) is 5.91 Å². The molecule has 0 aliphatic heterocycles. The van der Waals surface area contributed by atoms with Gasteiger partial charge in [0.15, 0.2) is 0 Å². The van der Waals surface area contributed by atoms with Crippen LogP contribution in [0.3, 0.4) is 0 Å². The number of thiophene rings is 1. The first-order valence-corrected chi connectivity index (χ1v) is 10.6. The Labute approximate surface area is 172 Å². The fourth-order valence-electron chi connectivity index (χ4n) is 2.93. The molecule has 0 N–H and O–H groups in total. The second-order valence-electron chi connectivity index (χ2n) is 7.20. The average molecular weight is 402 g/mol. The monoisotopic (exact) mass is 401 g/mol. The van der Waals surface area contributed by atoms with Gasteiger partial charge in [0.1, 0.15) is 6.54 Å². The van der Waals surface area contributed by atoms with E-state index < -0.39 is 0 Å². The van der Waals surface area contributed by atoms with Crippen molar-refractivity contribution in [1.82, 2.24) is 14.7 Å². The highest BCUT2D eigenvalue weighted by atomic mass is 32.1. The molecule has 3 amide bonds. The quantitative estimate of drug-likeness (QED) is 0.626. The molecule has 2 aromatic rings. The zero-order chi connectivity index (χ0) is 20.5. The van der Waals surface area contributed by atoms with Crippen LogP contribution in [0.5, 0.6) is 0 Å². The van der Waals surface area contributed by atoms with Crippen LogP contribution < -0.4 is 0 Å². The number of hydrogen-bond donors (Lipinski definition) is 0. The number of carbonyl (C=O) groups excluding carboxylic acids is 2. The van der Waals surface area contributed by atoms with Gasteiger partial charge >= 0.3 is 6.03 Å². The van der Waals surface area contributed by atoms with Crippen LogP contribution in [0.25, 0.3) is 0 Å². The number of rotatable bonds is 9. The highest BCUT2D eigenvalue weighted by molar-refractivity contribution is 7.11. The van der Waals surface area contributed by atoms with E-state index in [0.29, 0.717) is 19.6 Å². The van der Waals surface area contributed by atoms with E-state index in [1.165, 1.54) is 9.78 Å². The summed E-state index contributed by atoms with van der Waals surface area (Å²) >= 11 is 1.71. The lowest BCUT2D eigenvalue weighted by Gasteiger charge is -2.29. The smallest absolute Gasteiger partial charge is 0.319 e. The minimum atomic E-state index is -0.117. The van der Waals surface area contributed by atoms with Crippen molar-refractivity contribution < 1.29 is 9.59 Å². The number of aryl methyl sites for hydroxylation is 1. The van der Waals surface area contributed by atoms with E-state index in [9.17, 15) is 9.59 Å². The Kier molecular flexibility index (Phi) is 8.51. The van der Waals surface area contributed by atoms with Crippen LogP contribution in [-0.2, 0) is 17.9 Å². The molecule has 0 saturated carbocycles. The van der Waals surface area contributed by atoms with Crippen LogP contribution in [0.2, 0.25) is 0 Å². The molecule has 6 heteroatoms. The van der Waals surface area contributed by atoms with E-state index >= 15 is 0 Å². The van der Waals surface area contributed by atoms with Gasteiger partial charge in [0, 0.05) is 36.9 Å². The van der Waals surface area contributed by atoms with E-state index in [1.54, 1.807) is 30.3 Å². The molecule has 5 nitrogen and oxygen atoms in total. The first-order chi connectivity index (χ1) is 13.4. The maximum Gasteiger partial charge on any atom is 0.319 e. The van der Waals surface area contributed by atoms with Crippen molar-refractivity contribution >= 4 is 23.3 Å². The Balaban J connectivity index is 2.16. The molecule has 1 aromatic carbocycles. The molecule has 1 heterocycles. The third-order valence-corrected chi connectivity index (χ3v) is 5.46. The fraction of sp³-hybridized carbons (Fsp3) is 0.455. The van der Waals surface area contributed by atoms with Gasteiger partial charge in [-0.05, 0) is 31.0 Å². The number of benzene rings is 1. The summed E-state index contributed by atoms with van der Waals surface area (Å²) in [7, 11) is 3.45. The number of hydrogen-bond acceptors (Lipinski definition) is 3. The minimum absolute atomic E-state index is 0.0267. The van der Waals surface area contributed by atoms with E-state index in [1.807, 2.05) is 35.2 Å².